The van der Waals surface area contributed by atoms with Crippen molar-refractivity contribution in [3.05, 3.63) is 36.0 Å². The van der Waals surface area contributed by atoms with E-state index in [9.17, 15) is 9.18 Å². The predicted molar refractivity (Wildman–Crippen MR) is 99.3 cm³/mol. The number of nitrogens with zero attached hydrogens (tertiary/aromatic N) is 5. The van der Waals surface area contributed by atoms with E-state index in [1.807, 2.05) is 18.7 Å². The molecule has 1 saturated heterocycles. The van der Waals surface area contributed by atoms with Crippen LogP contribution >= 0.6 is 0 Å². The van der Waals surface area contributed by atoms with Gasteiger partial charge in [0.25, 0.3) is 0 Å². The standard InChI is InChI=1S/C19H26FN5O2/c1-3-25(4-2)18(26)14-24-11-9-23(10-12-24)13-17-21-22-19(27-17)15-5-7-16(20)8-6-15/h5-8H,3-4,9-14H2,1-2H3. The summed E-state index contributed by atoms with van der Waals surface area (Å²) in [6, 6.07) is 5.99. The Balaban J connectivity index is 1.48. The van der Waals surface area contributed by atoms with Gasteiger partial charge in [0.15, 0.2) is 0 Å². The fourth-order valence-electron chi connectivity index (χ4n) is 3.19. The molecule has 1 amide bonds. The summed E-state index contributed by atoms with van der Waals surface area (Å²) in [6.45, 7) is 9.94. The van der Waals surface area contributed by atoms with Crippen molar-refractivity contribution < 1.29 is 13.6 Å². The van der Waals surface area contributed by atoms with Crippen LogP contribution in [-0.2, 0) is 11.3 Å². The topological polar surface area (TPSA) is 65.7 Å². The van der Waals surface area contributed by atoms with Crippen LogP contribution in [0.15, 0.2) is 28.7 Å². The second-order valence-corrected chi connectivity index (χ2v) is 6.63. The van der Waals surface area contributed by atoms with Crippen molar-refractivity contribution in [3.8, 4) is 11.5 Å². The van der Waals surface area contributed by atoms with Crippen LogP contribution in [0.3, 0.4) is 0 Å². The molecule has 1 aliphatic heterocycles. The number of benzene rings is 1. The molecule has 0 unspecified atom stereocenters. The Kier molecular flexibility index (Phi) is 6.52. The smallest absolute Gasteiger partial charge is 0.247 e. The van der Waals surface area contributed by atoms with Crippen LogP contribution in [0.1, 0.15) is 19.7 Å². The molecule has 1 aromatic carbocycles. The van der Waals surface area contributed by atoms with Gasteiger partial charge in [-0.3, -0.25) is 14.6 Å². The van der Waals surface area contributed by atoms with Crippen molar-refractivity contribution in [1.29, 1.82) is 0 Å². The molecule has 0 radical (unpaired) electrons. The fourth-order valence-corrected chi connectivity index (χ4v) is 3.19. The summed E-state index contributed by atoms with van der Waals surface area (Å²) in [4.78, 5) is 18.5. The van der Waals surface area contributed by atoms with Crippen LogP contribution in [-0.4, -0.2) is 76.6 Å². The number of hydrogen-bond acceptors (Lipinski definition) is 6. The van der Waals surface area contributed by atoms with Gasteiger partial charge in [0.05, 0.1) is 13.1 Å². The minimum atomic E-state index is -0.296. The molecule has 146 valence electrons. The summed E-state index contributed by atoms with van der Waals surface area (Å²) < 4.78 is 18.7. The largest absolute Gasteiger partial charge is 0.419 e. The highest BCUT2D eigenvalue weighted by Gasteiger charge is 2.22. The summed E-state index contributed by atoms with van der Waals surface area (Å²) in [6.07, 6.45) is 0. The second kappa shape index (κ2) is 9.05. The average Bonchev–Trinajstić information content (AvgIpc) is 3.13. The number of carbonyl (C=O) groups is 1. The molecular weight excluding hydrogens is 349 g/mol. The molecule has 0 saturated carbocycles. The first kappa shape index (κ1) is 19.4. The van der Waals surface area contributed by atoms with E-state index in [1.165, 1.54) is 12.1 Å². The molecule has 1 aliphatic rings. The molecule has 2 heterocycles. The summed E-state index contributed by atoms with van der Waals surface area (Å²) in [5.41, 5.74) is 0.704. The van der Waals surface area contributed by atoms with Gasteiger partial charge in [-0.05, 0) is 38.1 Å². The number of carbonyl (C=O) groups excluding carboxylic acids is 1. The van der Waals surface area contributed by atoms with Crippen molar-refractivity contribution in [1.82, 2.24) is 24.9 Å². The quantitative estimate of drug-likeness (QED) is 0.736. The average molecular weight is 375 g/mol. The number of halogens is 1. The zero-order chi connectivity index (χ0) is 19.2. The molecule has 2 aromatic rings. The highest BCUT2D eigenvalue weighted by atomic mass is 19.1. The van der Waals surface area contributed by atoms with Gasteiger partial charge in [-0.25, -0.2) is 4.39 Å². The number of aromatic nitrogens is 2. The number of likely N-dealkylation sites (N-methyl/N-ethyl adjacent to an activating group) is 1. The van der Waals surface area contributed by atoms with Crippen LogP contribution in [0.25, 0.3) is 11.5 Å². The Morgan fingerprint density at radius 2 is 1.70 bits per heavy atom. The lowest BCUT2D eigenvalue weighted by atomic mass is 10.2. The van der Waals surface area contributed by atoms with E-state index in [-0.39, 0.29) is 11.7 Å². The summed E-state index contributed by atoms with van der Waals surface area (Å²) in [5.74, 6) is 0.834. The molecular formula is C19H26FN5O2. The van der Waals surface area contributed by atoms with E-state index in [1.54, 1.807) is 12.1 Å². The number of rotatable bonds is 7. The molecule has 8 heteroatoms. The van der Waals surface area contributed by atoms with Crippen molar-refractivity contribution in [3.63, 3.8) is 0 Å². The zero-order valence-electron chi connectivity index (χ0n) is 15.9. The maximum absolute atomic E-state index is 13.0. The molecule has 0 spiro atoms. The van der Waals surface area contributed by atoms with Crippen molar-refractivity contribution in [2.75, 3.05) is 45.8 Å². The Hall–Kier alpha value is -2.32. The van der Waals surface area contributed by atoms with Gasteiger partial charge in [0.2, 0.25) is 17.7 Å². The molecule has 1 fully saturated rings. The number of piperazine rings is 1. The van der Waals surface area contributed by atoms with Gasteiger partial charge in [-0.1, -0.05) is 0 Å². The monoisotopic (exact) mass is 375 g/mol. The minimum Gasteiger partial charge on any atom is -0.419 e. The molecule has 0 bridgehead atoms. The molecule has 0 N–H and O–H groups in total. The van der Waals surface area contributed by atoms with Crippen LogP contribution in [0.2, 0.25) is 0 Å². The molecule has 3 rings (SSSR count). The van der Waals surface area contributed by atoms with Crippen molar-refractivity contribution in [2.24, 2.45) is 0 Å². The third kappa shape index (κ3) is 5.11. The van der Waals surface area contributed by atoms with Crippen molar-refractivity contribution in [2.45, 2.75) is 20.4 Å². The van der Waals surface area contributed by atoms with Crippen molar-refractivity contribution >= 4 is 5.91 Å². The maximum atomic E-state index is 13.0. The summed E-state index contributed by atoms with van der Waals surface area (Å²) >= 11 is 0. The van der Waals surface area contributed by atoms with E-state index >= 15 is 0 Å². The lowest BCUT2D eigenvalue weighted by Gasteiger charge is -2.34. The fraction of sp³-hybridized carbons (Fsp3) is 0.526. The molecule has 1 aromatic heterocycles. The highest BCUT2D eigenvalue weighted by molar-refractivity contribution is 5.78. The first-order valence-electron chi connectivity index (χ1n) is 9.39. The second-order valence-electron chi connectivity index (χ2n) is 6.63. The SMILES string of the molecule is CCN(CC)C(=O)CN1CCN(Cc2nnc(-c3ccc(F)cc3)o2)CC1. The van der Waals surface area contributed by atoms with Gasteiger partial charge < -0.3 is 9.32 Å². The number of hydrogen-bond donors (Lipinski definition) is 0. The lowest BCUT2D eigenvalue weighted by Crippen LogP contribution is -2.49. The van der Waals surface area contributed by atoms with Gasteiger partial charge in [-0.2, -0.15) is 0 Å². The molecule has 7 nitrogen and oxygen atoms in total. The van der Waals surface area contributed by atoms with Crippen LogP contribution in [0.5, 0.6) is 0 Å². The third-order valence-corrected chi connectivity index (χ3v) is 4.86. The highest BCUT2D eigenvalue weighted by Crippen LogP contribution is 2.19. The maximum Gasteiger partial charge on any atom is 0.247 e. The lowest BCUT2D eigenvalue weighted by molar-refractivity contribution is -0.132. The van der Waals surface area contributed by atoms with E-state index in [0.717, 1.165) is 39.3 Å². The Morgan fingerprint density at radius 3 is 2.33 bits per heavy atom. The van der Waals surface area contributed by atoms with Crippen LogP contribution < -0.4 is 0 Å². The van der Waals surface area contributed by atoms with E-state index in [0.29, 0.717) is 30.4 Å². The van der Waals surface area contributed by atoms with Gasteiger partial charge in [0, 0.05) is 44.8 Å². The van der Waals surface area contributed by atoms with Gasteiger partial charge in [0.1, 0.15) is 5.82 Å². The Morgan fingerprint density at radius 1 is 1.07 bits per heavy atom. The van der Waals surface area contributed by atoms with E-state index in [4.69, 9.17) is 4.42 Å². The summed E-state index contributed by atoms with van der Waals surface area (Å²) in [7, 11) is 0. The molecule has 27 heavy (non-hydrogen) atoms. The molecule has 0 aliphatic carbocycles. The first-order valence-corrected chi connectivity index (χ1v) is 9.39. The minimum absolute atomic E-state index is 0.189. The molecule has 0 atom stereocenters. The Labute approximate surface area is 158 Å². The summed E-state index contributed by atoms with van der Waals surface area (Å²) in [5, 5.41) is 8.14. The van der Waals surface area contributed by atoms with Crippen LogP contribution in [0, 0.1) is 5.82 Å². The van der Waals surface area contributed by atoms with Crippen LogP contribution in [0.4, 0.5) is 4.39 Å². The normalized spacial score (nSPS) is 15.8. The number of amides is 1. The van der Waals surface area contributed by atoms with Gasteiger partial charge >= 0.3 is 0 Å². The van der Waals surface area contributed by atoms with E-state index < -0.39 is 0 Å². The van der Waals surface area contributed by atoms with E-state index in [2.05, 4.69) is 20.0 Å². The van der Waals surface area contributed by atoms with Gasteiger partial charge in [-0.15, -0.1) is 10.2 Å². The zero-order valence-corrected chi connectivity index (χ0v) is 15.9. The third-order valence-electron chi connectivity index (χ3n) is 4.86. The first-order chi connectivity index (χ1) is 13.1. The Bertz CT molecular complexity index is 737. The predicted octanol–water partition coefficient (Wildman–Crippen LogP) is 1.86.